The van der Waals surface area contributed by atoms with Crippen molar-refractivity contribution in [3.05, 3.63) is 24.0 Å². The SMILES string of the molecule is CC1CCC(C(N)=O)CN1S(=O)(=O)c1ccc(N)c(F)c1. The maximum absolute atomic E-state index is 13.5. The summed E-state index contributed by atoms with van der Waals surface area (Å²) >= 11 is 0. The van der Waals surface area contributed by atoms with Crippen molar-refractivity contribution in [2.45, 2.75) is 30.7 Å². The van der Waals surface area contributed by atoms with E-state index in [1.807, 2.05) is 0 Å². The van der Waals surface area contributed by atoms with Gasteiger partial charge in [0.2, 0.25) is 15.9 Å². The van der Waals surface area contributed by atoms with E-state index in [-0.39, 0.29) is 23.2 Å². The fourth-order valence-electron chi connectivity index (χ4n) is 2.45. The minimum atomic E-state index is -3.89. The molecule has 0 aliphatic carbocycles. The van der Waals surface area contributed by atoms with Gasteiger partial charge in [0.15, 0.2) is 0 Å². The molecule has 1 aliphatic heterocycles. The molecule has 116 valence electrons. The third-order valence-corrected chi connectivity index (χ3v) is 5.78. The largest absolute Gasteiger partial charge is 0.396 e. The molecule has 0 radical (unpaired) electrons. The van der Waals surface area contributed by atoms with E-state index in [0.29, 0.717) is 12.8 Å². The fourth-order valence-corrected chi connectivity index (χ4v) is 4.16. The molecule has 0 spiro atoms. The lowest BCUT2D eigenvalue weighted by molar-refractivity contribution is -0.123. The van der Waals surface area contributed by atoms with E-state index in [1.165, 1.54) is 16.4 Å². The van der Waals surface area contributed by atoms with Crippen molar-refractivity contribution in [2.75, 3.05) is 12.3 Å². The number of benzene rings is 1. The Morgan fingerprint density at radius 3 is 2.62 bits per heavy atom. The van der Waals surface area contributed by atoms with Crippen LogP contribution in [0.4, 0.5) is 10.1 Å². The minimum absolute atomic E-state index is 0.0187. The van der Waals surface area contributed by atoms with Gasteiger partial charge in [-0.15, -0.1) is 0 Å². The third kappa shape index (κ3) is 3.01. The number of nitrogens with zero attached hydrogens (tertiary/aromatic N) is 1. The number of carbonyl (C=O) groups is 1. The molecule has 1 aliphatic rings. The number of sulfonamides is 1. The molecule has 0 saturated carbocycles. The zero-order valence-corrected chi connectivity index (χ0v) is 12.4. The lowest BCUT2D eigenvalue weighted by Crippen LogP contribution is -2.48. The van der Waals surface area contributed by atoms with E-state index in [9.17, 15) is 17.6 Å². The number of anilines is 1. The number of hydrogen-bond acceptors (Lipinski definition) is 4. The van der Waals surface area contributed by atoms with Crippen molar-refractivity contribution < 1.29 is 17.6 Å². The van der Waals surface area contributed by atoms with E-state index >= 15 is 0 Å². The number of primary amides is 1. The summed E-state index contributed by atoms with van der Waals surface area (Å²) < 4.78 is 39.9. The van der Waals surface area contributed by atoms with Gasteiger partial charge in [-0.2, -0.15) is 4.31 Å². The van der Waals surface area contributed by atoms with Gasteiger partial charge in [0.25, 0.3) is 0 Å². The van der Waals surface area contributed by atoms with Crippen molar-refractivity contribution in [2.24, 2.45) is 11.7 Å². The van der Waals surface area contributed by atoms with Crippen molar-refractivity contribution in [1.29, 1.82) is 0 Å². The summed E-state index contributed by atoms with van der Waals surface area (Å²) in [5, 5.41) is 0. The fraction of sp³-hybridized carbons (Fsp3) is 0.462. The van der Waals surface area contributed by atoms with E-state index in [0.717, 1.165) is 6.07 Å². The molecule has 6 nitrogen and oxygen atoms in total. The minimum Gasteiger partial charge on any atom is -0.396 e. The second-order valence-electron chi connectivity index (χ2n) is 5.28. The monoisotopic (exact) mass is 315 g/mol. The van der Waals surface area contributed by atoms with Gasteiger partial charge in [-0.05, 0) is 38.0 Å². The highest BCUT2D eigenvalue weighted by atomic mass is 32.2. The summed E-state index contributed by atoms with van der Waals surface area (Å²) in [5.74, 6) is -1.83. The zero-order valence-electron chi connectivity index (χ0n) is 11.6. The normalized spacial score (nSPS) is 23.9. The number of carbonyl (C=O) groups excluding carboxylic acids is 1. The zero-order chi connectivity index (χ0) is 15.8. The van der Waals surface area contributed by atoms with Crippen LogP contribution in [0.2, 0.25) is 0 Å². The summed E-state index contributed by atoms with van der Waals surface area (Å²) in [6.07, 6.45) is 1.09. The number of nitrogen functional groups attached to an aromatic ring is 1. The van der Waals surface area contributed by atoms with Gasteiger partial charge in [-0.1, -0.05) is 0 Å². The molecule has 0 aromatic heterocycles. The third-order valence-electron chi connectivity index (χ3n) is 3.81. The Morgan fingerprint density at radius 2 is 2.05 bits per heavy atom. The van der Waals surface area contributed by atoms with Crippen molar-refractivity contribution >= 4 is 21.6 Å². The predicted molar refractivity (Wildman–Crippen MR) is 76.1 cm³/mol. The first-order valence-electron chi connectivity index (χ1n) is 6.59. The van der Waals surface area contributed by atoms with Gasteiger partial charge in [0, 0.05) is 12.6 Å². The number of halogens is 1. The van der Waals surface area contributed by atoms with Gasteiger partial charge in [0.1, 0.15) is 5.82 Å². The number of piperidine rings is 1. The maximum Gasteiger partial charge on any atom is 0.243 e. The Morgan fingerprint density at radius 1 is 1.38 bits per heavy atom. The molecule has 8 heteroatoms. The van der Waals surface area contributed by atoms with Crippen LogP contribution in [0.15, 0.2) is 23.1 Å². The topological polar surface area (TPSA) is 106 Å². The van der Waals surface area contributed by atoms with Gasteiger partial charge < -0.3 is 11.5 Å². The number of hydrogen-bond donors (Lipinski definition) is 2. The van der Waals surface area contributed by atoms with E-state index in [1.54, 1.807) is 6.92 Å². The standard InChI is InChI=1S/C13H18FN3O3S/c1-8-2-3-9(13(16)18)7-17(8)21(19,20)10-4-5-12(15)11(14)6-10/h4-6,8-9H,2-3,7,15H2,1H3,(H2,16,18). The molecule has 1 saturated heterocycles. The molecular formula is C13H18FN3O3S. The summed E-state index contributed by atoms with van der Waals surface area (Å²) in [7, 11) is -3.89. The quantitative estimate of drug-likeness (QED) is 0.800. The molecule has 1 aromatic carbocycles. The molecule has 1 fully saturated rings. The molecule has 1 aromatic rings. The van der Waals surface area contributed by atoms with E-state index < -0.39 is 27.7 Å². The predicted octanol–water partition coefficient (Wildman–Crippen LogP) is 0.682. The van der Waals surface area contributed by atoms with Gasteiger partial charge >= 0.3 is 0 Å². The van der Waals surface area contributed by atoms with Crippen LogP contribution in [0, 0.1) is 11.7 Å². The first kappa shape index (κ1) is 15.7. The molecule has 2 rings (SSSR count). The second kappa shape index (κ2) is 5.61. The van der Waals surface area contributed by atoms with Crippen molar-refractivity contribution in [3.63, 3.8) is 0 Å². The Hall–Kier alpha value is -1.67. The van der Waals surface area contributed by atoms with E-state index in [4.69, 9.17) is 11.5 Å². The van der Waals surface area contributed by atoms with Crippen LogP contribution in [-0.2, 0) is 14.8 Å². The van der Waals surface area contributed by atoms with Gasteiger partial charge in [-0.25, -0.2) is 12.8 Å². The Kier molecular flexibility index (Phi) is 4.20. The van der Waals surface area contributed by atoms with Crippen molar-refractivity contribution in [3.8, 4) is 0 Å². The summed E-state index contributed by atoms with van der Waals surface area (Å²) in [6.45, 7) is 1.77. The first-order chi connectivity index (χ1) is 9.73. The molecule has 1 heterocycles. The number of rotatable bonds is 3. The average Bonchev–Trinajstić information content (AvgIpc) is 2.41. The number of amides is 1. The summed E-state index contributed by atoms with van der Waals surface area (Å²) in [6, 6.07) is 3.09. The molecule has 0 bridgehead atoms. The van der Waals surface area contributed by atoms with E-state index in [2.05, 4.69) is 0 Å². The van der Waals surface area contributed by atoms with Gasteiger partial charge in [0.05, 0.1) is 16.5 Å². The Balaban J connectivity index is 2.36. The van der Waals surface area contributed by atoms with Crippen LogP contribution in [0.1, 0.15) is 19.8 Å². The molecule has 1 amide bonds. The van der Waals surface area contributed by atoms with Crippen LogP contribution in [0.3, 0.4) is 0 Å². The Bertz CT molecular complexity index is 663. The average molecular weight is 315 g/mol. The highest BCUT2D eigenvalue weighted by molar-refractivity contribution is 7.89. The first-order valence-corrected chi connectivity index (χ1v) is 8.03. The van der Waals surface area contributed by atoms with Crippen LogP contribution in [0.5, 0.6) is 0 Å². The number of nitrogens with two attached hydrogens (primary N) is 2. The smallest absolute Gasteiger partial charge is 0.243 e. The highest BCUT2D eigenvalue weighted by Gasteiger charge is 2.36. The Labute approximate surface area is 123 Å². The van der Waals surface area contributed by atoms with Crippen LogP contribution in [-0.4, -0.2) is 31.2 Å². The van der Waals surface area contributed by atoms with Crippen LogP contribution < -0.4 is 11.5 Å². The molecule has 2 atom stereocenters. The van der Waals surface area contributed by atoms with Gasteiger partial charge in [-0.3, -0.25) is 4.79 Å². The van der Waals surface area contributed by atoms with Crippen LogP contribution in [0.25, 0.3) is 0 Å². The summed E-state index contributed by atoms with van der Waals surface area (Å²) in [5.41, 5.74) is 10.5. The molecular weight excluding hydrogens is 297 g/mol. The highest BCUT2D eigenvalue weighted by Crippen LogP contribution is 2.29. The van der Waals surface area contributed by atoms with Crippen molar-refractivity contribution in [1.82, 2.24) is 4.31 Å². The molecule has 2 unspecified atom stereocenters. The lowest BCUT2D eigenvalue weighted by Gasteiger charge is -2.35. The molecule has 21 heavy (non-hydrogen) atoms. The second-order valence-corrected chi connectivity index (χ2v) is 7.17. The van der Waals surface area contributed by atoms with Crippen LogP contribution >= 0.6 is 0 Å². The summed E-state index contributed by atoms with van der Waals surface area (Å²) in [4.78, 5) is 11.1. The maximum atomic E-state index is 13.5. The molecule has 4 N–H and O–H groups in total. The lowest BCUT2D eigenvalue weighted by atomic mass is 9.95.